The summed E-state index contributed by atoms with van der Waals surface area (Å²) in [6, 6.07) is 8.37. The molecule has 0 aliphatic carbocycles. The van der Waals surface area contributed by atoms with Crippen molar-refractivity contribution < 1.29 is 13.2 Å². The molecule has 3 rings (SSSR count). The minimum absolute atomic E-state index is 0. The summed E-state index contributed by atoms with van der Waals surface area (Å²) in [4.78, 5) is 13.0. The van der Waals surface area contributed by atoms with E-state index in [9.17, 15) is 13.2 Å². The number of piperidine rings is 1. The number of carbonyl (C=O) groups is 1. The van der Waals surface area contributed by atoms with Crippen LogP contribution in [0.15, 0.2) is 42.7 Å². The van der Waals surface area contributed by atoms with E-state index in [1.165, 1.54) is 0 Å². The van der Waals surface area contributed by atoms with Gasteiger partial charge in [0.1, 0.15) is 5.54 Å². The van der Waals surface area contributed by atoms with E-state index in [0.717, 1.165) is 19.3 Å². The molecule has 1 fully saturated rings. The summed E-state index contributed by atoms with van der Waals surface area (Å²) in [6.45, 7) is 1.48. The largest absolute Gasteiger partial charge is 0.324 e. The number of rotatable bonds is 5. The van der Waals surface area contributed by atoms with Crippen molar-refractivity contribution >= 4 is 39.7 Å². The summed E-state index contributed by atoms with van der Waals surface area (Å²) in [7, 11) is -3.33. The summed E-state index contributed by atoms with van der Waals surface area (Å²) in [5.74, 6) is -0.124. The van der Waals surface area contributed by atoms with Gasteiger partial charge in [-0.25, -0.2) is 8.42 Å². The van der Waals surface area contributed by atoms with Crippen molar-refractivity contribution in [3.8, 4) is 0 Å². The number of benzene rings is 1. The topological polar surface area (TPSA) is 105 Å². The highest BCUT2D eigenvalue weighted by Crippen LogP contribution is 2.29. The quantitative estimate of drug-likeness (QED) is 0.704. The van der Waals surface area contributed by atoms with Crippen molar-refractivity contribution in [1.29, 1.82) is 0 Å². The molecule has 26 heavy (non-hydrogen) atoms. The van der Waals surface area contributed by atoms with Gasteiger partial charge in [-0.1, -0.05) is 0 Å². The van der Waals surface area contributed by atoms with Crippen molar-refractivity contribution in [1.82, 2.24) is 15.1 Å². The van der Waals surface area contributed by atoms with Crippen molar-refractivity contribution in [3.63, 3.8) is 0 Å². The molecule has 1 aromatic heterocycles. The molecule has 0 bridgehead atoms. The lowest BCUT2D eigenvalue weighted by molar-refractivity contribution is -0.126. The van der Waals surface area contributed by atoms with Crippen molar-refractivity contribution in [2.24, 2.45) is 0 Å². The second-order valence-electron chi connectivity index (χ2n) is 6.14. The molecule has 10 heteroatoms. The number of amides is 1. The first-order valence-corrected chi connectivity index (χ1v) is 9.88. The minimum Gasteiger partial charge on any atom is -0.324 e. The van der Waals surface area contributed by atoms with Gasteiger partial charge < -0.3 is 10.6 Å². The molecular weight excluding hydrogens is 378 g/mol. The van der Waals surface area contributed by atoms with Crippen LogP contribution >= 0.6 is 12.4 Å². The SMILES string of the molecule is CS(=O)(=O)Nc1ccc(NC(=O)C2(n3cccn3)CCNCC2)cc1.Cl. The Hall–Kier alpha value is -2.10. The average molecular weight is 400 g/mol. The predicted octanol–water partition coefficient (Wildman–Crippen LogP) is 1.39. The van der Waals surface area contributed by atoms with Crippen LogP contribution in [-0.2, 0) is 20.4 Å². The molecule has 1 aromatic carbocycles. The smallest absolute Gasteiger partial charge is 0.252 e. The predicted molar refractivity (Wildman–Crippen MR) is 103 cm³/mol. The molecular formula is C16H22ClN5O3S. The van der Waals surface area contributed by atoms with E-state index < -0.39 is 15.6 Å². The zero-order valence-electron chi connectivity index (χ0n) is 14.3. The Morgan fingerprint density at radius 1 is 1.19 bits per heavy atom. The normalized spacial score (nSPS) is 16.3. The molecule has 0 saturated carbocycles. The van der Waals surface area contributed by atoms with Gasteiger partial charge in [0.15, 0.2) is 0 Å². The maximum absolute atomic E-state index is 13.0. The zero-order valence-corrected chi connectivity index (χ0v) is 15.9. The Morgan fingerprint density at radius 2 is 1.81 bits per heavy atom. The van der Waals surface area contributed by atoms with Crippen LogP contribution in [-0.4, -0.2) is 43.5 Å². The second kappa shape index (κ2) is 8.07. The Kier molecular flexibility index (Phi) is 6.27. The fourth-order valence-electron chi connectivity index (χ4n) is 3.01. The number of nitrogens with one attached hydrogen (secondary N) is 3. The molecule has 0 unspecified atom stereocenters. The van der Waals surface area contributed by atoms with Gasteiger partial charge in [0.2, 0.25) is 10.0 Å². The van der Waals surface area contributed by atoms with Gasteiger partial charge in [0.05, 0.1) is 6.26 Å². The van der Waals surface area contributed by atoms with Crippen LogP contribution in [0, 0.1) is 0 Å². The van der Waals surface area contributed by atoms with Crippen LogP contribution in [0.25, 0.3) is 0 Å². The van der Waals surface area contributed by atoms with E-state index in [1.54, 1.807) is 35.1 Å². The van der Waals surface area contributed by atoms with Crippen molar-refractivity contribution in [2.45, 2.75) is 18.4 Å². The standard InChI is InChI=1S/C16H21N5O3S.ClH/c1-25(23,24)20-14-5-3-13(4-6-14)19-15(22)16(7-10-17-11-8-16)21-12-2-9-18-21;/h2-6,9,12,17,20H,7-8,10-11H2,1H3,(H,19,22);1H. The molecule has 3 N–H and O–H groups in total. The lowest BCUT2D eigenvalue weighted by Crippen LogP contribution is -2.52. The number of anilines is 2. The first kappa shape index (κ1) is 20.2. The fourth-order valence-corrected chi connectivity index (χ4v) is 3.57. The van der Waals surface area contributed by atoms with Gasteiger partial charge in [-0.15, -0.1) is 12.4 Å². The summed E-state index contributed by atoms with van der Waals surface area (Å²) in [6.07, 6.45) is 5.86. The summed E-state index contributed by atoms with van der Waals surface area (Å²) in [5.41, 5.74) is 0.330. The van der Waals surface area contributed by atoms with E-state index in [0.29, 0.717) is 24.2 Å². The third-order valence-electron chi connectivity index (χ3n) is 4.24. The Balaban J connectivity index is 0.00000243. The molecule has 8 nitrogen and oxygen atoms in total. The number of hydrogen-bond acceptors (Lipinski definition) is 5. The zero-order chi connectivity index (χ0) is 17.9. The van der Waals surface area contributed by atoms with E-state index in [1.807, 2.05) is 12.3 Å². The highest BCUT2D eigenvalue weighted by molar-refractivity contribution is 7.92. The van der Waals surface area contributed by atoms with E-state index in [2.05, 4.69) is 20.5 Å². The first-order valence-electron chi connectivity index (χ1n) is 7.99. The highest BCUT2D eigenvalue weighted by atomic mass is 35.5. The molecule has 2 aromatic rings. The molecule has 1 aliphatic heterocycles. The monoisotopic (exact) mass is 399 g/mol. The third-order valence-corrected chi connectivity index (χ3v) is 4.85. The molecule has 2 heterocycles. The Bertz CT molecular complexity index is 831. The third kappa shape index (κ3) is 4.54. The van der Waals surface area contributed by atoms with Crippen LogP contribution in [0.2, 0.25) is 0 Å². The second-order valence-corrected chi connectivity index (χ2v) is 7.89. The van der Waals surface area contributed by atoms with Gasteiger partial charge in [-0.2, -0.15) is 5.10 Å². The number of hydrogen-bond donors (Lipinski definition) is 3. The molecule has 1 aliphatic rings. The number of aromatic nitrogens is 2. The Morgan fingerprint density at radius 3 is 2.35 bits per heavy atom. The molecule has 142 valence electrons. The summed E-state index contributed by atoms with van der Waals surface area (Å²) < 4.78 is 26.6. The molecule has 1 saturated heterocycles. The Labute approximate surface area is 158 Å². The summed E-state index contributed by atoms with van der Waals surface area (Å²) >= 11 is 0. The van der Waals surface area contributed by atoms with Gasteiger partial charge >= 0.3 is 0 Å². The average Bonchev–Trinajstić information content (AvgIpc) is 3.11. The number of halogens is 1. The lowest BCUT2D eigenvalue weighted by Gasteiger charge is -2.36. The van der Waals surface area contributed by atoms with Crippen LogP contribution < -0.4 is 15.4 Å². The molecule has 1 amide bonds. The first-order chi connectivity index (χ1) is 11.9. The highest BCUT2D eigenvalue weighted by Gasteiger charge is 2.42. The van der Waals surface area contributed by atoms with Crippen LogP contribution in [0.1, 0.15) is 12.8 Å². The van der Waals surface area contributed by atoms with E-state index >= 15 is 0 Å². The van der Waals surface area contributed by atoms with Crippen LogP contribution in [0.5, 0.6) is 0 Å². The molecule has 0 spiro atoms. The lowest BCUT2D eigenvalue weighted by atomic mass is 9.87. The van der Waals surface area contributed by atoms with Crippen molar-refractivity contribution in [2.75, 3.05) is 29.4 Å². The minimum atomic E-state index is -3.33. The maximum atomic E-state index is 13.0. The van der Waals surface area contributed by atoms with Crippen LogP contribution in [0.3, 0.4) is 0 Å². The van der Waals surface area contributed by atoms with E-state index in [-0.39, 0.29) is 18.3 Å². The molecule has 0 radical (unpaired) electrons. The van der Waals surface area contributed by atoms with Crippen LogP contribution in [0.4, 0.5) is 11.4 Å². The van der Waals surface area contributed by atoms with Gasteiger partial charge in [0.25, 0.3) is 5.91 Å². The number of sulfonamides is 1. The fraction of sp³-hybridized carbons (Fsp3) is 0.375. The van der Waals surface area contributed by atoms with Gasteiger partial charge in [-0.3, -0.25) is 14.2 Å². The number of nitrogens with zero attached hydrogens (tertiary/aromatic N) is 2. The van der Waals surface area contributed by atoms with Gasteiger partial charge in [-0.05, 0) is 56.3 Å². The number of carbonyl (C=O) groups excluding carboxylic acids is 1. The van der Waals surface area contributed by atoms with E-state index in [4.69, 9.17) is 0 Å². The summed E-state index contributed by atoms with van der Waals surface area (Å²) in [5, 5.41) is 10.5. The van der Waals surface area contributed by atoms with Crippen molar-refractivity contribution in [3.05, 3.63) is 42.7 Å². The van der Waals surface area contributed by atoms with Gasteiger partial charge in [0, 0.05) is 23.8 Å². The maximum Gasteiger partial charge on any atom is 0.252 e. The molecule has 0 atom stereocenters.